The minimum atomic E-state index is -1.99. The second kappa shape index (κ2) is 19.2. The van der Waals surface area contributed by atoms with Crippen molar-refractivity contribution >= 4 is 18.1 Å². The lowest BCUT2D eigenvalue weighted by Gasteiger charge is -2.45. The zero-order valence-corrected chi connectivity index (χ0v) is 32.7. The molecule has 22 nitrogen and oxygen atoms in total. The highest BCUT2D eigenvalue weighted by atomic mass is 16.8. The maximum absolute atomic E-state index is 12.7. The molecule has 3 saturated heterocycles. The normalized spacial score (nSPS) is 34.4. The lowest BCUT2D eigenvalue weighted by atomic mass is 9.97. The van der Waals surface area contributed by atoms with E-state index in [-0.39, 0.29) is 34.1 Å². The van der Waals surface area contributed by atoms with Gasteiger partial charge in [0.25, 0.3) is 0 Å². The zero-order valence-electron chi connectivity index (χ0n) is 32.7. The number of hydrogen-bond acceptors (Lipinski definition) is 22. The molecule has 0 aliphatic carbocycles. The van der Waals surface area contributed by atoms with E-state index in [2.05, 4.69) is 0 Å². The first-order chi connectivity index (χ1) is 30.0. The van der Waals surface area contributed by atoms with Gasteiger partial charge in [-0.2, -0.15) is 0 Å². The molecule has 0 radical (unpaired) electrons. The molecule has 3 fully saturated rings. The average Bonchev–Trinajstić information content (AvgIpc) is 3.26. The van der Waals surface area contributed by atoms with E-state index < -0.39 is 135 Å². The number of rotatable bonds is 12. The molecule has 0 aromatic heterocycles. The fraction of sp³-hybridized carbons (Fsp3) is 0.439. The van der Waals surface area contributed by atoms with Gasteiger partial charge in [-0.05, 0) is 42.0 Å². The van der Waals surface area contributed by atoms with E-state index in [9.17, 15) is 71.2 Å². The molecule has 63 heavy (non-hydrogen) atoms. The van der Waals surface area contributed by atoms with Crippen molar-refractivity contribution in [1.82, 2.24) is 0 Å². The van der Waals surface area contributed by atoms with Crippen molar-refractivity contribution in [2.45, 2.75) is 92.1 Å². The topological polar surface area (TPSA) is 354 Å². The number of benzene rings is 3. The molecule has 3 aromatic carbocycles. The number of carbonyl (C=O) groups excluding carboxylic acids is 1. The van der Waals surface area contributed by atoms with Crippen molar-refractivity contribution in [1.29, 1.82) is 0 Å². The van der Waals surface area contributed by atoms with E-state index in [0.29, 0.717) is 5.56 Å². The van der Waals surface area contributed by atoms with Crippen LogP contribution in [0.5, 0.6) is 34.5 Å². The van der Waals surface area contributed by atoms with Crippen LogP contribution in [0.2, 0.25) is 0 Å². The predicted molar refractivity (Wildman–Crippen MR) is 206 cm³/mol. The average molecular weight is 891 g/mol. The number of aromatic hydroxyl groups is 4. The van der Waals surface area contributed by atoms with E-state index in [1.807, 2.05) is 0 Å². The second-order valence-corrected chi connectivity index (χ2v) is 15.0. The Kier molecular flexibility index (Phi) is 13.9. The van der Waals surface area contributed by atoms with Gasteiger partial charge in [0.2, 0.25) is 12.6 Å². The number of esters is 1. The Hall–Kier alpha value is -5.31. The Labute approximate surface area is 356 Å². The van der Waals surface area contributed by atoms with E-state index in [1.54, 1.807) is 0 Å². The van der Waals surface area contributed by atoms with Crippen LogP contribution in [0, 0.1) is 0 Å². The van der Waals surface area contributed by atoms with Gasteiger partial charge < -0.3 is 104 Å². The van der Waals surface area contributed by atoms with Gasteiger partial charge in [0, 0.05) is 23.8 Å². The number of phenolic OH excluding ortho intramolecular Hbond substituents is 4. The van der Waals surface area contributed by atoms with Gasteiger partial charge in [-0.15, -0.1) is 0 Å². The summed E-state index contributed by atoms with van der Waals surface area (Å²) in [5, 5.41) is 136. The molecule has 1 unspecified atom stereocenters. The van der Waals surface area contributed by atoms with Crippen LogP contribution in [0.4, 0.5) is 0 Å². The third kappa shape index (κ3) is 9.93. The molecule has 3 aromatic rings. The maximum atomic E-state index is 12.7. The molecule has 4 heterocycles. The number of hydrogen-bond donors (Lipinski definition) is 13. The summed E-state index contributed by atoms with van der Waals surface area (Å²) in [4.78, 5) is 12.7. The SMILES string of the molecule is O=C(/C=C\c1ccc(O)cc1)OC[C@H]1O[C@@H](OC2=Cc3c(cc(O)cc3O[C@@H]3O[C@H](CO)[C@@H](O)[C@H](O)[C@H]3O)OC2c2ccc(O)c(O)c2)[C@H](O[C@H]2OC[C@H](O)[C@@H](O)[C@H]2O)[C@@H](O)[C@@H]1O. The Morgan fingerprint density at radius 1 is 0.698 bits per heavy atom. The molecule has 22 heteroatoms. The van der Waals surface area contributed by atoms with Gasteiger partial charge in [-0.1, -0.05) is 18.2 Å². The lowest BCUT2D eigenvalue weighted by Crippen LogP contribution is -2.63. The summed E-state index contributed by atoms with van der Waals surface area (Å²) in [5.74, 6) is -3.14. The van der Waals surface area contributed by atoms with Crippen molar-refractivity contribution < 1.29 is 109 Å². The smallest absolute Gasteiger partial charge is 0.330 e. The molecule has 0 saturated carbocycles. The molecule has 0 amide bonds. The Balaban J connectivity index is 1.23. The van der Waals surface area contributed by atoms with Crippen LogP contribution in [0.15, 0.2) is 66.4 Å². The summed E-state index contributed by atoms with van der Waals surface area (Å²) >= 11 is 0. The molecule has 15 atom stereocenters. The van der Waals surface area contributed by atoms with Gasteiger partial charge >= 0.3 is 5.97 Å². The summed E-state index contributed by atoms with van der Waals surface area (Å²) in [6, 6.07) is 11.6. The zero-order chi connectivity index (χ0) is 45.3. The third-order valence-electron chi connectivity index (χ3n) is 10.6. The number of fused-ring (bicyclic) bond motifs is 1. The molecule has 342 valence electrons. The van der Waals surface area contributed by atoms with E-state index >= 15 is 0 Å². The summed E-state index contributed by atoms with van der Waals surface area (Å²) in [6.45, 7) is -2.00. The highest BCUT2D eigenvalue weighted by molar-refractivity contribution is 5.87. The van der Waals surface area contributed by atoms with Crippen molar-refractivity contribution in [2.75, 3.05) is 19.8 Å². The van der Waals surface area contributed by atoms with Crippen LogP contribution in [-0.2, 0) is 33.2 Å². The largest absolute Gasteiger partial charge is 0.508 e. The number of ether oxygens (including phenoxy) is 8. The highest BCUT2D eigenvalue weighted by Crippen LogP contribution is 2.47. The number of carbonyl (C=O) groups is 1. The number of aliphatic hydroxyl groups is 9. The van der Waals surface area contributed by atoms with Crippen molar-refractivity contribution in [3.63, 3.8) is 0 Å². The predicted octanol–water partition coefficient (Wildman–Crippen LogP) is -2.29. The Morgan fingerprint density at radius 3 is 2.11 bits per heavy atom. The Morgan fingerprint density at radius 2 is 1.40 bits per heavy atom. The van der Waals surface area contributed by atoms with Gasteiger partial charge in [-0.3, -0.25) is 0 Å². The van der Waals surface area contributed by atoms with Crippen LogP contribution < -0.4 is 9.47 Å². The quantitative estimate of drug-likeness (QED) is 0.0517. The van der Waals surface area contributed by atoms with E-state index in [1.165, 1.54) is 42.5 Å². The monoisotopic (exact) mass is 890 g/mol. The molecule has 4 aliphatic rings. The van der Waals surface area contributed by atoms with Crippen LogP contribution in [-0.4, -0.2) is 178 Å². The highest BCUT2D eigenvalue weighted by Gasteiger charge is 2.51. The number of phenols is 4. The first-order valence-electron chi connectivity index (χ1n) is 19.4. The summed E-state index contributed by atoms with van der Waals surface area (Å²) < 4.78 is 46.6. The van der Waals surface area contributed by atoms with Gasteiger partial charge in [-0.25, -0.2) is 4.79 Å². The Bertz CT molecular complexity index is 2130. The van der Waals surface area contributed by atoms with Gasteiger partial charge in [0.15, 0.2) is 30.0 Å². The van der Waals surface area contributed by atoms with Crippen LogP contribution in [0.3, 0.4) is 0 Å². The summed E-state index contributed by atoms with van der Waals surface area (Å²) in [5.41, 5.74) is 0.595. The summed E-state index contributed by atoms with van der Waals surface area (Å²) in [7, 11) is 0. The fourth-order valence-electron chi connectivity index (χ4n) is 7.08. The standard InChI is InChI=1S/C41H46O22/c42-13-27-31(50)33(52)36(55)40(61-27)59-25-11-19(44)10-24-20(25)12-26(37(58-24)17-4-7-21(45)22(46)9-17)60-41-38(63-39-35(54)30(49)23(47)14-57-39)34(53)32(51)28(62-41)15-56-29(48)8-3-16-1-5-18(43)6-2-16/h1-12,23,27-28,30-47,49-55H,13-15H2/b8-3-/t23-,27+,28+,30+,31+,32+,33-,34-,35+,36+,37?,38+,39+,40+,41+/m0/s1. The van der Waals surface area contributed by atoms with Crippen LogP contribution in [0.1, 0.15) is 22.8 Å². The van der Waals surface area contributed by atoms with Crippen LogP contribution in [0.25, 0.3) is 12.2 Å². The molecular formula is C41H46O22. The van der Waals surface area contributed by atoms with E-state index in [0.717, 1.165) is 30.3 Å². The van der Waals surface area contributed by atoms with E-state index in [4.69, 9.17) is 37.9 Å². The second-order valence-electron chi connectivity index (χ2n) is 15.0. The van der Waals surface area contributed by atoms with Crippen molar-refractivity contribution in [2.24, 2.45) is 0 Å². The first-order valence-corrected chi connectivity index (χ1v) is 19.4. The molecule has 7 rings (SSSR count). The minimum Gasteiger partial charge on any atom is -0.508 e. The molecular weight excluding hydrogens is 844 g/mol. The van der Waals surface area contributed by atoms with Crippen molar-refractivity contribution in [3.8, 4) is 34.5 Å². The third-order valence-corrected chi connectivity index (χ3v) is 10.6. The molecule has 4 aliphatic heterocycles. The van der Waals surface area contributed by atoms with Crippen molar-refractivity contribution in [3.05, 3.63) is 83.1 Å². The number of aliphatic hydroxyl groups excluding tert-OH is 9. The van der Waals surface area contributed by atoms with Crippen LogP contribution >= 0.6 is 0 Å². The summed E-state index contributed by atoms with van der Waals surface area (Å²) in [6.07, 6.45) is -22.4. The maximum Gasteiger partial charge on any atom is 0.330 e. The molecule has 13 N–H and O–H groups in total. The minimum absolute atomic E-state index is 0.00236. The molecule has 0 spiro atoms. The molecule has 0 bridgehead atoms. The van der Waals surface area contributed by atoms with Gasteiger partial charge in [0.05, 0.1) is 18.8 Å². The first kappa shape index (κ1) is 45.7. The van der Waals surface area contributed by atoms with Gasteiger partial charge in [0.1, 0.15) is 96.4 Å². The lowest BCUT2D eigenvalue weighted by molar-refractivity contribution is -0.352. The fourth-order valence-corrected chi connectivity index (χ4v) is 7.08.